The van der Waals surface area contributed by atoms with Crippen LogP contribution in [0.3, 0.4) is 0 Å². The minimum Gasteiger partial charge on any atom is -0.394 e. The van der Waals surface area contributed by atoms with Gasteiger partial charge in [0.15, 0.2) is 0 Å². The molecule has 1 atom stereocenters. The Balaban J connectivity index is 2.76. The van der Waals surface area contributed by atoms with Crippen LogP contribution < -0.4 is 5.32 Å². The molecule has 0 radical (unpaired) electrons. The summed E-state index contributed by atoms with van der Waals surface area (Å²) in [6.07, 6.45) is 0. The highest BCUT2D eigenvalue weighted by molar-refractivity contribution is 5.92. The molecule has 1 amide bonds. The highest BCUT2D eigenvalue weighted by Crippen LogP contribution is 2.20. The second-order valence-corrected chi connectivity index (χ2v) is 5.92. The third-order valence-corrected chi connectivity index (χ3v) is 2.94. The van der Waals surface area contributed by atoms with Crippen LogP contribution in [0, 0.1) is 5.92 Å². The molecule has 3 N–H and O–H groups in total. The van der Waals surface area contributed by atoms with Crippen LogP contribution in [0.15, 0.2) is 6.07 Å². The number of aromatic amines is 1. The lowest BCUT2D eigenvalue weighted by Gasteiger charge is -2.19. The predicted octanol–water partition coefficient (Wildman–Crippen LogP) is 1.45. The van der Waals surface area contributed by atoms with Gasteiger partial charge in [-0.25, -0.2) is 0 Å². The third kappa shape index (κ3) is 3.57. The lowest BCUT2D eigenvalue weighted by Crippen LogP contribution is -2.41. The Hall–Kier alpha value is -1.36. The number of aliphatic hydroxyl groups is 1. The van der Waals surface area contributed by atoms with Crippen LogP contribution in [0.25, 0.3) is 0 Å². The highest BCUT2D eigenvalue weighted by atomic mass is 16.3. The number of aromatic nitrogens is 2. The number of nitrogens with zero attached hydrogens (tertiary/aromatic N) is 1. The number of H-pyrrole nitrogens is 1. The van der Waals surface area contributed by atoms with Crippen molar-refractivity contribution in [3.8, 4) is 0 Å². The number of rotatable bonds is 4. The van der Waals surface area contributed by atoms with Crippen molar-refractivity contribution in [2.45, 2.75) is 46.1 Å². The number of carbonyl (C=O) groups is 1. The van der Waals surface area contributed by atoms with E-state index in [1.54, 1.807) is 6.07 Å². The maximum atomic E-state index is 12.0. The lowest BCUT2D eigenvalue weighted by molar-refractivity contribution is 0.0891. The average Bonchev–Trinajstić information content (AvgIpc) is 2.73. The summed E-state index contributed by atoms with van der Waals surface area (Å²) < 4.78 is 0. The molecule has 0 aliphatic rings. The van der Waals surface area contributed by atoms with Gasteiger partial charge >= 0.3 is 0 Å². The van der Waals surface area contributed by atoms with Crippen molar-refractivity contribution in [3.05, 3.63) is 17.5 Å². The van der Waals surface area contributed by atoms with Crippen LogP contribution in [-0.4, -0.2) is 33.9 Å². The summed E-state index contributed by atoms with van der Waals surface area (Å²) in [5.74, 6) is -0.0746. The number of aliphatic hydroxyl groups excluding tert-OH is 1. The van der Waals surface area contributed by atoms with E-state index in [4.69, 9.17) is 0 Å². The first-order valence-corrected chi connectivity index (χ1v) is 6.23. The number of hydrogen-bond donors (Lipinski definition) is 3. The molecule has 0 saturated heterocycles. The Labute approximate surface area is 108 Å². The normalized spacial score (nSPS) is 13.7. The summed E-state index contributed by atoms with van der Waals surface area (Å²) in [7, 11) is 0. The summed E-state index contributed by atoms with van der Waals surface area (Å²) >= 11 is 0. The smallest absolute Gasteiger partial charge is 0.272 e. The minimum absolute atomic E-state index is 0.0695. The zero-order chi connectivity index (χ0) is 13.9. The molecule has 1 aromatic heterocycles. The fourth-order valence-electron chi connectivity index (χ4n) is 1.49. The molecule has 5 heteroatoms. The molecule has 0 spiro atoms. The maximum Gasteiger partial charge on any atom is 0.272 e. The van der Waals surface area contributed by atoms with E-state index < -0.39 is 0 Å². The molecule has 0 fully saturated rings. The largest absolute Gasteiger partial charge is 0.394 e. The van der Waals surface area contributed by atoms with E-state index in [1.165, 1.54) is 0 Å². The van der Waals surface area contributed by atoms with E-state index in [0.717, 1.165) is 5.69 Å². The van der Waals surface area contributed by atoms with Gasteiger partial charge in [0.25, 0.3) is 5.91 Å². The van der Waals surface area contributed by atoms with Crippen molar-refractivity contribution < 1.29 is 9.90 Å². The molecule has 0 unspecified atom stereocenters. The van der Waals surface area contributed by atoms with Crippen molar-refractivity contribution in [2.24, 2.45) is 5.92 Å². The predicted molar refractivity (Wildman–Crippen MR) is 70.5 cm³/mol. The van der Waals surface area contributed by atoms with E-state index in [-0.39, 0.29) is 29.9 Å². The molecule has 1 heterocycles. The van der Waals surface area contributed by atoms with Crippen LogP contribution in [0.2, 0.25) is 0 Å². The molecule has 102 valence electrons. The first kappa shape index (κ1) is 14.7. The summed E-state index contributed by atoms with van der Waals surface area (Å²) in [6.45, 7) is 9.98. The quantitative estimate of drug-likeness (QED) is 0.760. The zero-order valence-corrected chi connectivity index (χ0v) is 11.7. The Kier molecular flexibility index (Phi) is 4.51. The van der Waals surface area contributed by atoms with Crippen LogP contribution >= 0.6 is 0 Å². The van der Waals surface area contributed by atoms with E-state index in [1.807, 2.05) is 34.6 Å². The first-order valence-electron chi connectivity index (χ1n) is 6.23. The van der Waals surface area contributed by atoms with Gasteiger partial charge in [-0.1, -0.05) is 34.6 Å². The van der Waals surface area contributed by atoms with Crippen LogP contribution in [0.1, 0.15) is 50.8 Å². The summed E-state index contributed by atoms with van der Waals surface area (Å²) in [6, 6.07) is 1.51. The van der Waals surface area contributed by atoms with Crippen molar-refractivity contribution in [1.82, 2.24) is 15.5 Å². The molecule has 1 aromatic rings. The standard InChI is InChI=1S/C13H23N3O2/c1-8(2)10(7-17)14-12(18)9-6-11(16-15-9)13(3,4)5/h6,8,10,17H,7H2,1-5H3,(H,14,18)(H,15,16)/t10-/m1/s1. The van der Waals surface area contributed by atoms with E-state index in [0.29, 0.717) is 5.69 Å². The van der Waals surface area contributed by atoms with Gasteiger partial charge < -0.3 is 10.4 Å². The van der Waals surface area contributed by atoms with Gasteiger partial charge in [-0.15, -0.1) is 0 Å². The van der Waals surface area contributed by atoms with Crippen molar-refractivity contribution >= 4 is 5.91 Å². The lowest BCUT2D eigenvalue weighted by atomic mass is 9.92. The highest BCUT2D eigenvalue weighted by Gasteiger charge is 2.21. The van der Waals surface area contributed by atoms with Crippen LogP contribution in [0.4, 0.5) is 0 Å². The molecule has 0 bridgehead atoms. The SMILES string of the molecule is CC(C)[C@@H](CO)NC(=O)c1cc(C(C)(C)C)[nH]n1. The molecule has 0 saturated carbocycles. The van der Waals surface area contributed by atoms with Crippen molar-refractivity contribution in [1.29, 1.82) is 0 Å². The Morgan fingerprint density at radius 3 is 2.50 bits per heavy atom. The van der Waals surface area contributed by atoms with E-state index in [2.05, 4.69) is 15.5 Å². The first-order chi connectivity index (χ1) is 8.25. The number of nitrogens with one attached hydrogen (secondary N) is 2. The van der Waals surface area contributed by atoms with Gasteiger partial charge in [-0.3, -0.25) is 9.89 Å². The van der Waals surface area contributed by atoms with Gasteiger partial charge in [0, 0.05) is 11.1 Å². The molecule has 1 rings (SSSR count). The van der Waals surface area contributed by atoms with Crippen molar-refractivity contribution in [2.75, 3.05) is 6.61 Å². The average molecular weight is 253 g/mol. The van der Waals surface area contributed by atoms with E-state index in [9.17, 15) is 9.90 Å². The molecular weight excluding hydrogens is 230 g/mol. The maximum absolute atomic E-state index is 12.0. The van der Waals surface area contributed by atoms with Gasteiger partial charge in [-0.2, -0.15) is 5.10 Å². The Morgan fingerprint density at radius 2 is 2.11 bits per heavy atom. The molecule has 0 aliphatic carbocycles. The molecule has 0 aliphatic heterocycles. The summed E-state index contributed by atoms with van der Waals surface area (Å²) in [4.78, 5) is 12.0. The Bertz CT molecular complexity index is 405. The fraction of sp³-hybridized carbons (Fsp3) is 0.692. The third-order valence-electron chi connectivity index (χ3n) is 2.94. The Morgan fingerprint density at radius 1 is 1.50 bits per heavy atom. The zero-order valence-electron chi connectivity index (χ0n) is 11.7. The van der Waals surface area contributed by atoms with Gasteiger partial charge in [0.2, 0.25) is 0 Å². The minimum atomic E-state index is -0.255. The second-order valence-electron chi connectivity index (χ2n) is 5.92. The van der Waals surface area contributed by atoms with Crippen LogP contribution in [0.5, 0.6) is 0 Å². The fourth-order valence-corrected chi connectivity index (χ4v) is 1.49. The second kappa shape index (κ2) is 5.52. The number of amides is 1. The van der Waals surface area contributed by atoms with Crippen LogP contribution in [-0.2, 0) is 5.41 Å². The monoisotopic (exact) mass is 253 g/mol. The van der Waals surface area contributed by atoms with Gasteiger partial charge in [-0.05, 0) is 12.0 Å². The summed E-state index contributed by atoms with van der Waals surface area (Å²) in [5, 5.41) is 18.8. The van der Waals surface area contributed by atoms with Crippen molar-refractivity contribution in [3.63, 3.8) is 0 Å². The molecule has 0 aromatic carbocycles. The molecular formula is C13H23N3O2. The van der Waals surface area contributed by atoms with Gasteiger partial charge in [0.1, 0.15) is 5.69 Å². The summed E-state index contributed by atoms with van der Waals surface area (Å²) in [5.41, 5.74) is 1.21. The number of hydrogen-bond acceptors (Lipinski definition) is 3. The van der Waals surface area contributed by atoms with E-state index >= 15 is 0 Å². The topological polar surface area (TPSA) is 78.0 Å². The number of carbonyl (C=O) groups excluding carboxylic acids is 1. The molecule has 18 heavy (non-hydrogen) atoms. The van der Waals surface area contributed by atoms with Gasteiger partial charge in [0.05, 0.1) is 12.6 Å². The molecule has 5 nitrogen and oxygen atoms in total.